The fourth-order valence-electron chi connectivity index (χ4n) is 3.65. The lowest BCUT2D eigenvalue weighted by molar-refractivity contribution is -0.140. The molecule has 9 heteroatoms. The van der Waals surface area contributed by atoms with Gasteiger partial charge in [0.05, 0.1) is 59.1 Å². The van der Waals surface area contributed by atoms with Crippen molar-refractivity contribution in [2.75, 3.05) is 14.2 Å². The number of rotatable bonds is 8. The lowest BCUT2D eigenvalue weighted by atomic mass is 10.1. The van der Waals surface area contributed by atoms with Crippen LogP contribution in [0.4, 0.5) is 0 Å². The molecule has 0 bridgehead atoms. The van der Waals surface area contributed by atoms with E-state index in [4.69, 9.17) is 22.7 Å². The Labute approximate surface area is 208 Å². The molecule has 5 rings (SSSR count). The van der Waals surface area contributed by atoms with Crippen LogP contribution in [0.3, 0.4) is 0 Å². The first-order chi connectivity index (χ1) is 17.1. The van der Waals surface area contributed by atoms with Crippen molar-refractivity contribution >= 4 is 34.6 Å². The first-order valence-electron chi connectivity index (χ1n) is 10.6. The molecule has 0 radical (unpaired) electrons. The largest absolute Gasteiger partial charge is 0.469 e. The summed E-state index contributed by atoms with van der Waals surface area (Å²) < 4.78 is 27.1. The standard InChI is InChI=1S/C26H20O7S2/c1-29-23(27)13-15-11-21(17-5-3-9-31-17)34-25(15)19-7-8-20(33-19)26-16(14-24(28)30-2)12-22(35-26)18-6-4-10-32-18/h3-12H,13-14H2,1-2H3. The first kappa shape index (κ1) is 22.9. The molecule has 0 aliphatic carbocycles. The molecular formula is C26H20O7S2. The number of thiophene rings is 2. The molecule has 0 unspecified atom stereocenters. The Morgan fingerprint density at radius 1 is 0.714 bits per heavy atom. The summed E-state index contributed by atoms with van der Waals surface area (Å²) in [6.45, 7) is 0. The number of carbonyl (C=O) groups is 2. The zero-order chi connectivity index (χ0) is 24.4. The van der Waals surface area contributed by atoms with E-state index in [1.54, 1.807) is 12.5 Å². The summed E-state index contributed by atoms with van der Waals surface area (Å²) >= 11 is 2.94. The Morgan fingerprint density at radius 3 is 1.54 bits per heavy atom. The van der Waals surface area contributed by atoms with Crippen LogP contribution in [-0.2, 0) is 31.9 Å². The van der Waals surface area contributed by atoms with Crippen LogP contribution >= 0.6 is 22.7 Å². The van der Waals surface area contributed by atoms with Crippen molar-refractivity contribution in [3.63, 3.8) is 0 Å². The van der Waals surface area contributed by atoms with E-state index < -0.39 is 0 Å². The number of hydrogen-bond acceptors (Lipinski definition) is 9. The second kappa shape index (κ2) is 9.81. The van der Waals surface area contributed by atoms with Crippen molar-refractivity contribution in [2.24, 2.45) is 0 Å². The van der Waals surface area contributed by atoms with E-state index in [2.05, 4.69) is 0 Å². The van der Waals surface area contributed by atoms with Gasteiger partial charge in [0.1, 0.15) is 23.0 Å². The van der Waals surface area contributed by atoms with Crippen LogP contribution < -0.4 is 0 Å². The summed E-state index contributed by atoms with van der Waals surface area (Å²) in [6, 6.07) is 14.9. The molecule has 0 aliphatic heterocycles. The maximum atomic E-state index is 12.1. The summed E-state index contributed by atoms with van der Waals surface area (Å²) in [4.78, 5) is 27.5. The zero-order valence-electron chi connectivity index (χ0n) is 18.9. The van der Waals surface area contributed by atoms with Crippen LogP contribution in [-0.4, -0.2) is 26.2 Å². The Hall–Kier alpha value is -3.82. The molecule has 0 spiro atoms. The maximum absolute atomic E-state index is 12.1. The molecule has 0 aromatic carbocycles. The Morgan fingerprint density at radius 2 is 1.17 bits per heavy atom. The highest BCUT2D eigenvalue weighted by molar-refractivity contribution is 7.19. The quantitative estimate of drug-likeness (QED) is 0.216. The van der Waals surface area contributed by atoms with Gasteiger partial charge >= 0.3 is 11.9 Å². The van der Waals surface area contributed by atoms with E-state index in [0.717, 1.165) is 30.6 Å². The average molecular weight is 509 g/mol. The van der Waals surface area contributed by atoms with Gasteiger partial charge in [-0.3, -0.25) is 9.59 Å². The first-order valence-corrected chi connectivity index (χ1v) is 12.3. The fourth-order valence-corrected chi connectivity index (χ4v) is 5.88. The van der Waals surface area contributed by atoms with Gasteiger partial charge in [-0.2, -0.15) is 0 Å². The molecule has 0 N–H and O–H groups in total. The monoisotopic (exact) mass is 508 g/mol. The SMILES string of the molecule is COC(=O)Cc1cc(-c2ccco2)sc1-c1ccc(-c2sc(-c3ccco3)cc2CC(=O)OC)o1. The second-order valence-electron chi connectivity index (χ2n) is 7.55. The van der Waals surface area contributed by atoms with Gasteiger partial charge in [-0.15, -0.1) is 22.7 Å². The molecule has 0 amide bonds. The Kier molecular flexibility index (Phi) is 6.43. The number of methoxy groups -OCH3 is 2. The molecule has 5 aromatic heterocycles. The fraction of sp³-hybridized carbons (Fsp3) is 0.154. The molecular weight excluding hydrogens is 488 g/mol. The van der Waals surface area contributed by atoms with Crippen LogP contribution in [0.15, 0.2) is 74.3 Å². The minimum atomic E-state index is -0.344. The highest BCUT2D eigenvalue weighted by Gasteiger charge is 2.22. The lowest BCUT2D eigenvalue weighted by Crippen LogP contribution is -2.04. The van der Waals surface area contributed by atoms with E-state index in [1.165, 1.54) is 36.9 Å². The number of carbonyl (C=O) groups excluding carboxylic acids is 2. The highest BCUT2D eigenvalue weighted by atomic mass is 32.1. The topological polar surface area (TPSA) is 92.0 Å². The second-order valence-corrected chi connectivity index (χ2v) is 9.66. The third kappa shape index (κ3) is 4.73. The zero-order valence-corrected chi connectivity index (χ0v) is 20.5. The predicted molar refractivity (Wildman–Crippen MR) is 132 cm³/mol. The Bertz CT molecular complexity index is 1340. The Balaban J connectivity index is 1.55. The van der Waals surface area contributed by atoms with Gasteiger partial charge in [-0.1, -0.05) is 0 Å². The molecule has 0 saturated carbocycles. The summed E-state index contributed by atoms with van der Waals surface area (Å²) in [5.74, 6) is 1.95. The average Bonchev–Trinajstić information content (AvgIpc) is 3.66. The van der Waals surface area contributed by atoms with E-state index in [1.807, 2.05) is 48.5 Å². The third-order valence-electron chi connectivity index (χ3n) is 5.32. The molecule has 0 atom stereocenters. The summed E-state index contributed by atoms with van der Waals surface area (Å²) in [6.07, 6.45) is 3.43. The van der Waals surface area contributed by atoms with Crippen LogP contribution in [0, 0.1) is 0 Å². The van der Waals surface area contributed by atoms with Crippen molar-refractivity contribution in [3.8, 4) is 42.5 Å². The number of hydrogen-bond donors (Lipinski definition) is 0. The molecule has 0 aliphatic rings. The normalized spacial score (nSPS) is 11.0. The van der Waals surface area contributed by atoms with Gasteiger partial charge in [-0.25, -0.2) is 0 Å². The molecule has 5 aromatic rings. The van der Waals surface area contributed by atoms with Gasteiger partial charge in [0.2, 0.25) is 0 Å². The van der Waals surface area contributed by atoms with Crippen LogP contribution in [0.2, 0.25) is 0 Å². The predicted octanol–water partition coefficient (Wildman–Crippen LogP) is 6.69. The van der Waals surface area contributed by atoms with E-state index >= 15 is 0 Å². The molecule has 7 nitrogen and oxygen atoms in total. The summed E-state index contributed by atoms with van der Waals surface area (Å²) in [5.41, 5.74) is 1.57. The molecule has 178 valence electrons. The number of furan rings is 3. The van der Waals surface area contributed by atoms with E-state index in [0.29, 0.717) is 23.0 Å². The van der Waals surface area contributed by atoms with E-state index in [-0.39, 0.29) is 24.8 Å². The van der Waals surface area contributed by atoms with Crippen molar-refractivity contribution in [1.82, 2.24) is 0 Å². The molecule has 0 saturated heterocycles. The smallest absolute Gasteiger partial charge is 0.310 e. The minimum absolute atomic E-state index is 0.105. The molecule has 0 fully saturated rings. The van der Waals surface area contributed by atoms with Crippen molar-refractivity contribution < 1.29 is 32.3 Å². The van der Waals surface area contributed by atoms with Crippen molar-refractivity contribution in [2.45, 2.75) is 12.8 Å². The van der Waals surface area contributed by atoms with Gasteiger partial charge in [0, 0.05) is 0 Å². The van der Waals surface area contributed by atoms with Crippen molar-refractivity contribution in [3.05, 3.63) is 72.2 Å². The molecule has 35 heavy (non-hydrogen) atoms. The molecule has 5 heterocycles. The van der Waals surface area contributed by atoms with Crippen LogP contribution in [0.25, 0.3) is 42.5 Å². The van der Waals surface area contributed by atoms with Gasteiger partial charge < -0.3 is 22.7 Å². The van der Waals surface area contributed by atoms with Crippen molar-refractivity contribution in [1.29, 1.82) is 0 Å². The lowest BCUT2D eigenvalue weighted by Gasteiger charge is -2.02. The number of ether oxygens (including phenoxy) is 2. The van der Waals surface area contributed by atoms with Crippen LogP contribution in [0.1, 0.15) is 11.1 Å². The maximum Gasteiger partial charge on any atom is 0.310 e. The van der Waals surface area contributed by atoms with Crippen LogP contribution in [0.5, 0.6) is 0 Å². The van der Waals surface area contributed by atoms with Gasteiger partial charge in [0.25, 0.3) is 0 Å². The number of esters is 2. The summed E-state index contributed by atoms with van der Waals surface area (Å²) in [5, 5.41) is 0. The van der Waals surface area contributed by atoms with E-state index in [9.17, 15) is 9.59 Å². The highest BCUT2D eigenvalue weighted by Crippen LogP contribution is 2.44. The summed E-state index contributed by atoms with van der Waals surface area (Å²) in [7, 11) is 2.73. The van der Waals surface area contributed by atoms with Gasteiger partial charge in [0.15, 0.2) is 0 Å². The minimum Gasteiger partial charge on any atom is -0.469 e. The third-order valence-corrected chi connectivity index (χ3v) is 7.74. The van der Waals surface area contributed by atoms with Gasteiger partial charge in [-0.05, 0) is 59.7 Å².